The predicted octanol–water partition coefficient (Wildman–Crippen LogP) is 3.30. The first-order chi connectivity index (χ1) is 9.15. The monoisotopic (exact) mass is 263 g/mol. The van der Waals surface area contributed by atoms with Crippen LogP contribution in [0.5, 0.6) is 5.75 Å². The molecule has 1 aromatic rings. The number of nitrogens with one attached hydrogen (secondary N) is 1. The molecule has 19 heavy (non-hydrogen) atoms. The molecule has 3 heteroatoms. The second kappa shape index (κ2) is 6.92. The van der Waals surface area contributed by atoms with Gasteiger partial charge in [0.25, 0.3) is 0 Å². The maximum atomic E-state index is 5.66. The van der Waals surface area contributed by atoms with Crippen molar-refractivity contribution in [1.29, 1.82) is 0 Å². The average molecular weight is 263 g/mol. The molecule has 1 fully saturated rings. The van der Waals surface area contributed by atoms with Gasteiger partial charge in [0.05, 0.1) is 12.7 Å². The largest absolute Gasteiger partial charge is 0.491 e. The van der Waals surface area contributed by atoms with Crippen LogP contribution in [0.3, 0.4) is 0 Å². The summed E-state index contributed by atoms with van der Waals surface area (Å²) in [4.78, 5) is 0. The molecule has 0 amide bonds. The van der Waals surface area contributed by atoms with Gasteiger partial charge in [-0.15, -0.1) is 0 Å². The summed E-state index contributed by atoms with van der Waals surface area (Å²) >= 11 is 0. The van der Waals surface area contributed by atoms with Gasteiger partial charge < -0.3 is 14.8 Å². The van der Waals surface area contributed by atoms with Crippen molar-refractivity contribution < 1.29 is 9.47 Å². The van der Waals surface area contributed by atoms with Crippen molar-refractivity contribution in [1.82, 2.24) is 5.32 Å². The van der Waals surface area contributed by atoms with E-state index in [1.165, 1.54) is 12.0 Å². The Kier molecular flexibility index (Phi) is 5.23. The molecule has 0 aromatic heterocycles. The average Bonchev–Trinajstić information content (AvgIpc) is 2.40. The lowest BCUT2D eigenvalue weighted by atomic mass is 10.0. The zero-order valence-electron chi connectivity index (χ0n) is 12.2. The highest BCUT2D eigenvalue weighted by Crippen LogP contribution is 2.20. The molecule has 2 rings (SSSR count). The van der Waals surface area contributed by atoms with E-state index in [-0.39, 0.29) is 6.10 Å². The highest BCUT2D eigenvalue weighted by atomic mass is 16.5. The third kappa shape index (κ3) is 4.51. The summed E-state index contributed by atoms with van der Waals surface area (Å²) in [5, 5.41) is 3.63. The number of ether oxygens (including phenoxy) is 2. The molecule has 2 atom stereocenters. The van der Waals surface area contributed by atoms with Gasteiger partial charge in [-0.25, -0.2) is 0 Å². The van der Waals surface area contributed by atoms with E-state index in [2.05, 4.69) is 24.4 Å². The Hall–Kier alpha value is -1.06. The molecular weight excluding hydrogens is 238 g/mol. The molecule has 0 bridgehead atoms. The molecule has 1 aliphatic heterocycles. The van der Waals surface area contributed by atoms with Crippen molar-refractivity contribution >= 4 is 0 Å². The van der Waals surface area contributed by atoms with Gasteiger partial charge in [-0.05, 0) is 51.3 Å². The van der Waals surface area contributed by atoms with Crippen molar-refractivity contribution in [2.75, 3.05) is 13.2 Å². The van der Waals surface area contributed by atoms with Crippen molar-refractivity contribution in [3.8, 4) is 5.75 Å². The normalized spacial score (nSPS) is 21.4. The SMILES string of the molecule is CC(C)Oc1ccc(C(C)NC2CCCOC2)cc1. The fourth-order valence-corrected chi connectivity index (χ4v) is 2.43. The molecule has 0 radical (unpaired) electrons. The Balaban J connectivity index is 1.89. The van der Waals surface area contributed by atoms with Crippen molar-refractivity contribution in [3.05, 3.63) is 29.8 Å². The minimum Gasteiger partial charge on any atom is -0.491 e. The van der Waals surface area contributed by atoms with Gasteiger partial charge in [-0.3, -0.25) is 0 Å². The van der Waals surface area contributed by atoms with Gasteiger partial charge in [0.2, 0.25) is 0 Å². The Morgan fingerprint density at radius 1 is 1.21 bits per heavy atom. The van der Waals surface area contributed by atoms with Crippen LogP contribution < -0.4 is 10.1 Å². The van der Waals surface area contributed by atoms with Gasteiger partial charge in [0.1, 0.15) is 5.75 Å². The molecule has 106 valence electrons. The summed E-state index contributed by atoms with van der Waals surface area (Å²) in [6.07, 6.45) is 2.59. The van der Waals surface area contributed by atoms with Gasteiger partial charge >= 0.3 is 0 Å². The second-order valence-corrected chi connectivity index (χ2v) is 5.54. The van der Waals surface area contributed by atoms with E-state index in [9.17, 15) is 0 Å². The van der Waals surface area contributed by atoms with Gasteiger partial charge in [-0.2, -0.15) is 0 Å². The zero-order valence-corrected chi connectivity index (χ0v) is 12.2. The van der Waals surface area contributed by atoms with E-state index in [0.717, 1.165) is 25.4 Å². The van der Waals surface area contributed by atoms with Crippen LogP contribution in [0.15, 0.2) is 24.3 Å². The van der Waals surface area contributed by atoms with Crippen LogP contribution in [0.4, 0.5) is 0 Å². The summed E-state index contributed by atoms with van der Waals surface area (Å²) in [5.41, 5.74) is 1.29. The minimum absolute atomic E-state index is 0.223. The van der Waals surface area contributed by atoms with Crippen LogP contribution in [0.1, 0.15) is 45.2 Å². The number of hydrogen-bond donors (Lipinski definition) is 1. The van der Waals surface area contributed by atoms with E-state index in [1.54, 1.807) is 0 Å². The minimum atomic E-state index is 0.223. The molecule has 1 heterocycles. The maximum Gasteiger partial charge on any atom is 0.119 e. The number of hydrogen-bond acceptors (Lipinski definition) is 3. The van der Waals surface area contributed by atoms with Crippen molar-refractivity contribution in [2.24, 2.45) is 0 Å². The van der Waals surface area contributed by atoms with E-state index in [4.69, 9.17) is 9.47 Å². The lowest BCUT2D eigenvalue weighted by molar-refractivity contribution is 0.0671. The summed E-state index contributed by atoms with van der Waals surface area (Å²) in [5.74, 6) is 0.937. The Morgan fingerprint density at radius 2 is 1.95 bits per heavy atom. The van der Waals surface area contributed by atoms with Crippen LogP contribution in [0.2, 0.25) is 0 Å². The third-order valence-corrected chi connectivity index (χ3v) is 3.40. The lowest BCUT2D eigenvalue weighted by Crippen LogP contribution is -2.38. The van der Waals surface area contributed by atoms with Crippen LogP contribution in [-0.2, 0) is 4.74 Å². The first-order valence-corrected chi connectivity index (χ1v) is 7.25. The quantitative estimate of drug-likeness (QED) is 0.884. The summed E-state index contributed by atoms with van der Waals surface area (Å²) in [6, 6.07) is 9.20. The molecule has 0 spiro atoms. The highest BCUT2D eigenvalue weighted by Gasteiger charge is 2.16. The Labute approximate surface area is 116 Å². The molecule has 3 nitrogen and oxygen atoms in total. The second-order valence-electron chi connectivity index (χ2n) is 5.54. The molecule has 0 saturated carbocycles. The molecular formula is C16H25NO2. The molecule has 1 saturated heterocycles. The molecule has 1 aliphatic rings. The maximum absolute atomic E-state index is 5.66. The fraction of sp³-hybridized carbons (Fsp3) is 0.625. The smallest absolute Gasteiger partial charge is 0.119 e. The number of rotatable bonds is 5. The van der Waals surface area contributed by atoms with Crippen LogP contribution >= 0.6 is 0 Å². The van der Waals surface area contributed by atoms with Gasteiger partial charge in [0.15, 0.2) is 0 Å². The lowest BCUT2D eigenvalue weighted by Gasteiger charge is -2.27. The van der Waals surface area contributed by atoms with Crippen LogP contribution in [0.25, 0.3) is 0 Å². The molecule has 0 aliphatic carbocycles. The van der Waals surface area contributed by atoms with Gasteiger partial charge in [-0.1, -0.05) is 12.1 Å². The summed E-state index contributed by atoms with van der Waals surface area (Å²) in [6.45, 7) is 8.03. The fourth-order valence-electron chi connectivity index (χ4n) is 2.43. The summed E-state index contributed by atoms with van der Waals surface area (Å²) in [7, 11) is 0. The van der Waals surface area contributed by atoms with E-state index in [0.29, 0.717) is 12.1 Å². The first-order valence-electron chi connectivity index (χ1n) is 7.25. The number of benzene rings is 1. The van der Waals surface area contributed by atoms with Crippen LogP contribution in [-0.4, -0.2) is 25.4 Å². The predicted molar refractivity (Wildman–Crippen MR) is 77.6 cm³/mol. The first kappa shape index (κ1) is 14.4. The molecule has 2 unspecified atom stereocenters. The zero-order chi connectivity index (χ0) is 13.7. The van der Waals surface area contributed by atoms with Crippen molar-refractivity contribution in [3.63, 3.8) is 0 Å². The topological polar surface area (TPSA) is 30.5 Å². The highest BCUT2D eigenvalue weighted by molar-refractivity contribution is 5.29. The molecule has 1 aromatic carbocycles. The van der Waals surface area contributed by atoms with E-state index >= 15 is 0 Å². The van der Waals surface area contributed by atoms with E-state index < -0.39 is 0 Å². The Morgan fingerprint density at radius 3 is 2.53 bits per heavy atom. The van der Waals surface area contributed by atoms with E-state index in [1.807, 2.05) is 26.0 Å². The van der Waals surface area contributed by atoms with Gasteiger partial charge in [0, 0.05) is 18.7 Å². The summed E-state index contributed by atoms with van der Waals surface area (Å²) < 4.78 is 11.2. The van der Waals surface area contributed by atoms with Crippen LogP contribution in [0, 0.1) is 0 Å². The standard InChI is InChI=1S/C16H25NO2/c1-12(2)19-16-8-6-14(7-9-16)13(3)17-15-5-4-10-18-11-15/h6-9,12-13,15,17H,4-5,10-11H2,1-3H3. The molecule has 1 N–H and O–H groups in total. The third-order valence-electron chi connectivity index (χ3n) is 3.40. The van der Waals surface area contributed by atoms with Crippen molar-refractivity contribution in [2.45, 2.75) is 51.8 Å². The Bertz CT molecular complexity index is 369.